The molecule has 0 aliphatic heterocycles. The van der Waals surface area contributed by atoms with Crippen molar-refractivity contribution in [1.29, 1.82) is 0 Å². The van der Waals surface area contributed by atoms with Gasteiger partial charge in [0.05, 0.1) is 5.56 Å². The molecule has 9 heteroatoms. The quantitative estimate of drug-likeness (QED) is 0.730. The van der Waals surface area contributed by atoms with Crippen molar-refractivity contribution in [3.8, 4) is 17.3 Å². The lowest BCUT2D eigenvalue weighted by Gasteiger charge is -2.07. The van der Waals surface area contributed by atoms with Crippen molar-refractivity contribution in [1.82, 2.24) is 39.7 Å². The predicted octanol–water partition coefficient (Wildman–Crippen LogP) is 0.731. The molecule has 0 spiro atoms. The van der Waals surface area contributed by atoms with Gasteiger partial charge in [-0.1, -0.05) is 6.92 Å². The van der Waals surface area contributed by atoms with Gasteiger partial charge in [0.1, 0.15) is 19.0 Å². The molecule has 0 radical (unpaired) electrons. The van der Waals surface area contributed by atoms with Gasteiger partial charge in [-0.2, -0.15) is 24.7 Å². The summed E-state index contributed by atoms with van der Waals surface area (Å²) in [6.45, 7) is 2.84. The molecule has 9 nitrogen and oxygen atoms in total. The average molecular weight is 283 g/mol. The van der Waals surface area contributed by atoms with Crippen molar-refractivity contribution < 1.29 is 0 Å². The molecule has 0 aliphatic rings. The van der Waals surface area contributed by atoms with Gasteiger partial charge < -0.3 is 5.32 Å². The van der Waals surface area contributed by atoms with E-state index in [1.807, 2.05) is 0 Å². The minimum Gasteiger partial charge on any atom is -0.354 e. The summed E-state index contributed by atoms with van der Waals surface area (Å²) in [5.74, 6) is 1.35. The van der Waals surface area contributed by atoms with Gasteiger partial charge in [0.15, 0.2) is 5.82 Å². The van der Waals surface area contributed by atoms with E-state index < -0.39 is 0 Å². The monoisotopic (exact) mass is 283 g/mol. The maximum atomic E-state index is 4.38. The Morgan fingerprint density at radius 1 is 1.05 bits per heavy atom. The van der Waals surface area contributed by atoms with E-state index in [2.05, 4.69) is 47.2 Å². The zero-order chi connectivity index (χ0) is 14.5. The van der Waals surface area contributed by atoms with E-state index in [1.54, 1.807) is 12.4 Å². The minimum atomic E-state index is 0.389. The molecule has 1 N–H and O–H groups in total. The van der Waals surface area contributed by atoms with E-state index in [-0.39, 0.29) is 0 Å². The highest BCUT2D eigenvalue weighted by molar-refractivity contribution is 5.54. The van der Waals surface area contributed by atoms with Gasteiger partial charge >= 0.3 is 0 Å². The predicted molar refractivity (Wildman–Crippen MR) is 74.6 cm³/mol. The molecule has 106 valence electrons. The third-order valence-electron chi connectivity index (χ3n) is 2.60. The Hall–Kier alpha value is -2.97. The first-order valence-corrected chi connectivity index (χ1v) is 6.47. The number of hydrogen-bond donors (Lipinski definition) is 1. The van der Waals surface area contributed by atoms with E-state index in [0.29, 0.717) is 23.3 Å². The Bertz CT molecular complexity index is 696. The summed E-state index contributed by atoms with van der Waals surface area (Å²) in [5.41, 5.74) is 0.709. The standard InChI is InChI=1S/C12H13N9/c1-2-3-16-11-18-10(9-4-13-6-14-5-9)19-12(20-11)21-8-15-7-17-21/h4-8H,2-3H2,1H3,(H,16,18,19,20). The second kappa shape index (κ2) is 5.99. The molecule has 3 rings (SSSR count). The fraction of sp³-hybridized carbons (Fsp3) is 0.250. The fourth-order valence-corrected chi connectivity index (χ4v) is 1.64. The number of aromatic nitrogens is 8. The topological polar surface area (TPSA) is 107 Å². The van der Waals surface area contributed by atoms with Crippen LogP contribution in [-0.2, 0) is 0 Å². The van der Waals surface area contributed by atoms with Gasteiger partial charge in [-0.05, 0) is 6.42 Å². The smallest absolute Gasteiger partial charge is 0.257 e. The zero-order valence-corrected chi connectivity index (χ0v) is 11.4. The third kappa shape index (κ3) is 2.96. The largest absolute Gasteiger partial charge is 0.354 e. The number of rotatable bonds is 5. The lowest BCUT2D eigenvalue weighted by atomic mass is 10.3. The molecular weight excluding hydrogens is 270 g/mol. The zero-order valence-electron chi connectivity index (χ0n) is 11.4. The number of anilines is 1. The van der Waals surface area contributed by atoms with Gasteiger partial charge in [0.25, 0.3) is 5.95 Å². The van der Waals surface area contributed by atoms with Crippen molar-refractivity contribution in [2.45, 2.75) is 13.3 Å². The summed E-state index contributed by atoms with van der Waals surface area (Å²) >= 11 is 0. The molecule has 0 atom stereocenters. The fourth-order valence-electron chi connectivity index (χ4n) is 1.64. The first kappa shape index (κ1) is 13.0. The van der Waals surface area contributed by atoms with Crippen molar-refractivity contribution in [2.75, 3.05) is 11.9 Å². The number of nitrogens with one attached hydrogen (secondary N) is 1. The van der Waals surface area contributed by atoms with Crippen LogP contribution in [0.5, 0.6) is 0 Å². The van der Waals surface area contributed by atoms with Gasteiger partial charge in [0, 0.05) is 18.9 Å². The molecule has 0 saturated heterocycles. The summed E-state index contributed by atoms with van der Waals surface area (Å²) < 4.78 is 1.48. The van der Waals surface area contributed by atoms with Crippen LogP contribution in [0.4, 0.5) is 5.95 Å². The highest BCUT2D eigenvalue weighted by Crippen LogP contribution is 2.15. The molecule has 0 aliphatic carbocycles. The molecule has 0 saturated carbocycles. The molecule has 0 aromatic carbocycles. The lowest BCUT2D eigenvalue weighted by molar-refractivity contribution is 0.794. The molecular formula is C12H13N9. The second-order valence-corrected chi connectivity index (χ2v) is 4.18. The molecule has 3 aromatic heterocycles. The van der Waals surface area contributed by atoms with E-state index in [9.17, 15) is 0 Å². The Kier molecular flexibility index (Phi) is 3.72. The maximum Gasteiger partial charge on any atom is 0.257 e. The molecule has 0 fully saturated rings. The van der Waals surface area contributed by atoms with Crippen LogP contribution >= 0.6 is 0 Å². The maximum absolute atomic E-state index is 4.38. The van der Waals surface area contributed by atoms with E-state index in [0.717, 1.165) is 13.0 Å². The normalized spacial score (nSPS) is 10.5. The van der Waals surface area contributed by atoms with Crippen molar-refractivity contribution in [2.24, 2.45) is 0 Å². The van der Waals surface area contributed by atoms with Gasteiger partial charge in [0.2, 0.25) is 5.95 Å². The Labute approximate surface area is 120 Å². The van der Waals surface area contributed by atoms with Crippen molar-refractivity contribution >= 4 is 5.95 Å². The summed E-state index contributed by atoms with van der Waals surface area (Å²) in [4.78, 5) is 24.9. The first-order valence-electron chi connectivity index (χ1n) is 6.47. The van der Waals surface area contributed by atoms with Gasteiger partial charge in [-0.25, -0.2) is 15.0 Å². The van der Waals surface area contributed by atoms with Crippen LogP contribution in [0.2, 0.25) is 0 Å². The molecule has 0 amide bonds. The van der Waals surface area contributed by atoms with Crippen LogP contribution in [0.1, 0.15) is 13.3 Å². The Morgan fingerprint density at radius 2 is 1.90 bits per heavy atom. The number of nitrogens with zero attached hydrogens (tertiary/aromatic N) is 8. The van der Waals surface area contributed by atoms with Crippen LogP contribution in [0.15, 0.2) is 31.4 Å². The Balaban J connectivity index is 2.05. The molecule has 21 heavy (non-hydrogen) atoms. The van der Waals surface area contributed by atoms with Crippen LogP contribution in [-0.4, -0.2) is 46.2 Å². The van der Waals surface area contributed by atoms with Crippen LogP contribution in [0, 0.1) is 0 Å². The molecule has 3 aromatic rings. The van der Waals surface area contributed by atoms with Crippen LogP contribution in [0.25, 0.3) is 17.3 Å². The summed E-state index contributed by atoms with van der Waals surface area (Å²) in [7, 11) is 0. The van der Waals surface area contributed by atoms with E-state index >= 15 is 0 Å². The van der Waals surface area contributed by atoms with Gasteiger partial charge in [-0.15, -0.1) is 0 Å². The van der Waals surface area contributed by atoms with Crippen molar-refractivity contribution in [3.63, 3.8) is 0 Å². The first-order chi connectivity index (χ1) is 10.4. The highest BCUT2D eigenvalue weighted by atomic mass is 15.4. The van der Waals surface area contributed by atoms with Crippen LogP contribution in [0.3, 0.4) is 0 Å². The lowest BCUT2D eigenvalue weighted by Crippen LogP contribution is -2.11. The summed E-state index contributed by atoms with van der Waals surface area (Å²) in [6.07, 6.45) is 8.68. The SMILES string of the molecule is CCCNc1nc(-c2cncnc2)nc(-n2cncn2)n1. The number of hydrogen-bond acceptors (Lipinski definition) is 8. The Morgan fingerprint density at radius 3 is 2.62 bits per heavy atom. The highest BCUT2D eigenvalue weighted by Gasteiger charge is 2.10. The van der Waals surface area contributed by atoms with E-state index in [1.165, 1.54) is 23.7 Å². The van der Waals surface area contributed by atoms with Gasteiger partial charge in [-0.3, -0.25) is 0 Å². The minimum absolute atomic E-state index is 0.389. The van der Waals surface area contributed by atoms with E-state index in [4.69, 9.17) is 0 Å². The average Bonchev–Trinajstić information content (AvgIpc) is 3.08. The molecule has 0 bridgehead atoms. The summed E-state index contributed by atoms with van der Waals surface area (Å²) in [6, 6.07) is 0. The second-order valence-electron chi connectivity index (χ2n) is 4.18. The van der Waals surface area contributed by atoms with Crippen LogP contribution < -0.4 is 5.32 Å². The molecule has 3 heterocycles. The summed E-state index contributed by atoms with van der Waals surface area (Å²) in [5, 5.41) is 7.18. The van der Waals surface area contributed by atoms with Crippen molar-refractivity contribution in [3.05, 3.63) is 31.4 Å². The third-order valence-corrected chi connectivity index (χ3v) is 2.60. The molecule has 0 unspecified atom stereocenters.